The van der Waals surface area contributed by atoms with E-state index in [2.05, 4.69) is 25.3 Å². The number of carbonyl (C=O) groups is 3. The summed E-state index contributed by atoms with van der Waals surface area (Å²) in [6, 6.07) is 17.4. The van der Waals surface area contributed by atoms with Crippen LogP contribution in [0, 0.1) is 0 Å². The predicted molar refractivity (Wildman–Crippen MR) is 205 cm³/mol. The average molecular weight is 1050 g/mol. The molecule has 3 N–H and O–H groups in total. The molecule has 6 rings (SSSR count). The van der Waals surface area contributed by atoms with E-state index in [0.717, 1.165) is 72.8 Å². The van der Waals surface area contributed by atoms with Crippen molar-refractivity contribution in [2.45, 2.75) is 24.5 Å². The zero-order valence-electron chi connectivity index (χ0n) is 34.7. The molecule has 66 heavy (non-hydrogen) atoms. The Labute approximate surface area is 490 Å². The van der Waals surface area contributed by atoms with Gasteiger partial charge < -0.3 is 39.4 Å². The summed E-state index contributed by atoms with van der Waals surface area (Å²) in [5.74, 6) is -3.00. The summed E-state index contributed by atoms with van der Waals surface area (Å²) in [5, 5.41) is 20.4. The summed E-state index contributed by atoms with van der Waals surface area (Å²) in [6.45, 7) is 0. The van der Waals surface area contributed by atoms with Gasteiger partial charge in [-0.15, -0.1) is 0 Å². The predicted octanol–water partition coefficient (Wildman–Crippen LogP) is -12.4. The van der Waals surface area contributed by atoms with E-state index in [1.54, 1.807) is 0 Å². The van der Waals surface area contributed by atoms with Crippen molar-refractivity contribution in [2.75, 3.05) is 16.0 Å². The molecule has 0 aliphatic carbocycles. The molecular weight excluding hydrogens is 1030 g/mol. The van der Waals surface area contributed by atoms with Crippen LogP contribution >= 0.6 is 12.0 Å². The third kappa shape index (κ3) is 15.8. The first-order chi connectivity index (χ1) is 28.4. The van der Waals surface area contributed by atoms with Gasteiger partial charge in [-0.1, -0.05) is 12.1 Å². The fourth-order valence-corrected chi connectivity index (χ4v) is 8.86. The molecule has 0 saturated heterocycles. The minimum Gasteiger partial charge on any atom is -0.744 e. The Hall–Kier alpha value is -0.880. The molecule has 0 unspecified atom stereocenters. The Kier molecular flexibility index (Phi) is 24.4. The monoisotopic (exact) mass is 1040 g/mol. The second kappa shape index (κ2) is 25.5. The molecule has 6 aromatic rings. The molecule has 0 aliphatic heterocycles. The van der Waals surface area contributed by atoms with Crippen LogP contribution in [0.2, 0.25) is 0 Å². The Morgan fingerprint density at radius 3 is 1.41 bits per heavy atom. The van der Waals surface area contributed by atoms with Crippen LogP contribution in [0.25, 0.3) is 21.5 Å². The maximum atomic E-state index is 13.8. The van der Waals surface area contributed by atoms with Gasteiger partial charge in [0, 0.05) is 27.5 Å². The molecule has 0 aliphatic rings. The summed E-state index contributed by atoms with van der Waals surface area (Å²) in [4.78, 5) is 37.6. The first-order valence-corrected chi connectivity index (χ1v) is 22.6. The second-order valence-corrected chi connectivity index (χ2v) is 18.6. The number of nitrogens with one attached hydrogen (secondary N) is 3. The number of hydrogen-bond acceptors (Lipinski definition) is 19. The number of amides is 3. The molecule has 318 valence electrons. The average Bonchev–Trinajstić information content (AvgIpc) is 3.17. The molecule has 0 atom stereocenters. The zero-order chi connectivity index (χ0) is 44.7. The molecule has 0 heterocycles. The smallest absolute Gasteiger partial charge is 0.744 e. The van der Waals surface area contributed by atoms with Crippen LogP contribution in [0.5, 0.6) is 0 Å². The van der Waals surface area contributed by atoms with Crippen molar-refractivity contribution in [3.63, 3.8) is 0 Å². The van der Waals surface area contributed by atoms with E-state index in [-0.39, 0.29) is 214 Å². The van der Waals surface area contributed by atoms with Crippen molar-refractivity contribution in [1.29, 1.82) is 0 Å². The summed E-state index contributed by atoms with van der Waals surface area (Å²) >= 11 is 0.283. The topological polar surface area (TPSA) is 358 Å². The van der Waals surface area contributed by atoms with Gasteiger partial charge in [-0.05, 0) is 113 Å². The van der Waals surface area contributed by atoms with Gasteiger partial charge in [0.2, 0.25) is 0 Å². The van der Waals surface area contributed by atoms with Gasteiger partial charge in [-0.2, -0.15) is 4.33 Å². The number of hydrogen-bond donors (Lipinski definition) is 3. The van der Waals surface area contributed by atoms with E-state index in [1.165, 1.54) is 24.3 Å². The standard InChI is InChI=1S/C35H25N3O18S5.5Na/c39-33(37-22-4-10-28-20(12-22)14-26(59(46,47)48)17-32(28)61(52,53)54)18-1-8-29(30(15-18)35(41)36-21-2-6-25(7-3-21)58(43,44)45)34(40)38-23-5-9-27-19(11-23)13-24(57-56-55-42)16-31(27)60(49,50)51;;;;;/h1-17,42H,(H,36,41)(H,37,39)(H,38,40)(H,43,44,45)(H,46,47,48)(H,49,50,51)(H,52,53,54);;;;;/q;5*+1/p-5. The molecule has 31 heteroatoms. The van der Waals surface area contributed by atoms with Crippen molar-refractivity contribution in [3.8, 4) is 0 Å². The molecule has 0 bridgehead atoms. The fraction of sp³-hybridized carbons (Fsp3) is 0. The second-order valence-electron chi connectivity index (χ2n) is 12.4. The van der Waals surface area contributed by atoms with Crippen LogP contribution in [-0.2, 0) is 49.8 Å². The van der Waals surface area contributed by atoms with Gasteiger partial charge in [0.15, 0.2) is 0 Å². The van der Waals surface area contributed by atoms with Crippen molar-refractivity contribution in [3.05, 3.63) is 120 Å². The van der Waals surface area contributed by atoms with E-state index in [9.17, 15) is 71.5 Å². The van der Waals surface area contributed by atoms with E-state index in [4.69, 9.17) is 0 Å². The van der Waals surface area contributed by atoms with Crippen LogP contribution in [0.4, 0.5) is 17.1 Å². The Bertz CT molecular complexity index is 3300. The number of anilines is 3. The molecule has 0 aromatic heterocycles. The van der Waals surface area contributed by atoms with Crippen LogP contribution in [-0.4, -0.2) is 69.6 Å². The molecule has 6 aromatic carbocycles. The van der Waals surface area contributed by atoms with Crippen LogP contribution in [0.15, 0.2) is 128 Å². The summed E-state index contributed by atoms with van der Waals surface area (Å²) < 4.78 is 145. The summed E-state index contributed by atoms with van der Waals surface area (Å²) in [7, 11) is -20.5. The molecule has 0 fully saturated rings. The van der Waals surface area contributed by atoms with E-state index < -0.39 is 83.3 Å². The minimum absolute atomic E-state index is 0. The van der Waals surface area contributed by atoms with Gasteiger partial charge in [0.05, 0.1) is 42.8 Å². The molecular formula is C35H20N3Na5O18S5. The van der Waals surface area contributed by atoms with Gasteiger partial charge in [0.1, 0.15) is 40.5 Å². The van der Waals surface area contributed by atoms with E-state index >= 15 is 0 Å². The number of benzene rings is 6. The first-order valence-electron chi connectivity index (χ1n) is 16.2. The van der Waals surface area contributed by atoms with E-state index in [0.29, 0.717) is 6.07 Å². The third-order valence-electron chi connectivity index (χ3n) is 8.45. The quantitative estimate of drug-likeness (QED) is 0.0318. The molecule has 21 nitrogen and oxygen atoms in total. The maximum absolute atomic E-state index is 13.8. The van der Waals surface area contributed by atoms with E-state index in [1.807, 2.05) is 0 Å². The third-order valence-corrected chi connectivity index (χ3v) is 12.4. The van der Waals surface area contributed by atoms with Crippen LogP contribution in [0.3, 0.4) is 0 Å². The molecule has 0 saturated carbocycles. The van der Waals surface area contributed by atoms with Gasteiger partial charge in [-0.3, -0.25) is 19.4 Å². The number of rotatable bonds is 13. The maximum Gasteiger partial charge on any atom is 1.00 e. The van der Waals surface area contributed by atoms with Crippen molar-refractivity contribution >= 4 is 109 Å². The number of carbonyl (C=O) groups excluding carboxylic acids is 3. The SMILES string of the molecule is O=C(Nc1ccc2c(S(=O)(=O)[O-])cc(S(=O)(=O)[O-])cc2c1)c1ccc(C(=O)Nc2ccc3c(S(=O)(=O)[O-])cc(SOO[O-])cc3c2)c(C(=O)Nc2ccc(S(=O)(=O)[O-])cc2)c1.[Na+].[Na+].[Na+].[Na+].[Na+]. The van der Waals surface area contributed by atoms with Gasteiger partial charge >= 0.3 is 148 Å². The Morgan fingerprint density at radius 1 is 0.455 bits per heavy atom. The van der Waals surface area contributed by atoms with Crippen molar-refractivity contribution in [1.82, 2.24) is 0 Å². The van der Waals surface area contributed by atoms with Crippen molar-refractivity contribution < 1.29 is 229 Å². The summed E-state index contributed by atoms with van der Waals surface area (Å²) in [6.07, 6.45) is 0. The molecule has 3 amide bonds. The molecule has 0 spiro atoms. The van der Waals surface area contributed by atoms with Crippen LogP contribution in [0.1, 0.15) is 31.1 Å². The zero-order valence-corrected chi connectivity index (χ0v) is 48.8. The van der Waals surface area contributed by atoms with Gasteiger partial charge in [0.25, 0.3) is 17.7 Å². The largest absolute Gasteiger partial charge is 1.00 e. The van der Waals surface area contributed by atoms with Crippen molar-refractivity contribution in [2.24, 2.45) is 0 Å². The number of fused-ring (bicyclic) bond motifs is 2. The summed E-state index contributed by atoms with van der Waals surface area (Å²) in [5.41, 5.74) is -1.36. The molecule has 0 radical (unpaired) electrons. The fourth-order valence-electron chi connectivity index (χ4n) is 5.81. The normalized spacial score (nSPS) is 11.3. The van der Waals surface area contributed by atoms with Gasteiger partial charge in [-0.25, -0.2) is 33.7 Å². The minimum atomic E-state index is -5.29. The Balaban J connectivity index is 0.00000436. The first kappa shape index (κ1) is 63.1. The van der Waals surface area contributed by atoms with Crippen LogP contribution < -0.4 is 169 Å². The Morgan fingerprint density at radius 2 is 0.909 bits per heavy atom.